The Morgan fingerprint density at radius 1 is 0.585 bits per heavy atom. The third-order valence-electron chi connectivity index (χ3n) is 4.17. The molecular weight excluding hydrogens is 575 g/mol. The van der Waals surface area contributed by atoms with Crippen LogP contribution in [0.4, 0.5) is 14.4 Å². The first-order chi connectivity index (χ1) is 18.8. The highest BCUT2D eigenvalue weighted by Crippen LogP contribution is 2.53. The second-order valence-electron chi connectivity index (χ2n) is 9.38. The van der Waals surface area contributed by atoms with Crippen LogP contribution in [0.25, 0.3) is 0 Å². The second kappa shape index (κ2) is 18.4. The van der Waals surface area contributed by atoms with Gasteiger partial charge in [0, 0.05) is 13.3 Å². The fourth-order valence-corrected chi connectivity index (χ4v) is 4.89. The highest BCUT2D eigenvalue weighted by Gasteiger charge is 2.39. The number of hydrogen-bond acceptors (Lipinski definition) is 15. The Hall–Kier alpha value is -3.10. The molecule has 0 radical (unpaired) electrons. The van der Waals surface area contributed by atoms with Gasteiger partial charge in [-0.25, -0.2) is 14.4 Å². The normalized spacial score (nSPS) is 15.6. The van der Waals surface area contributed by atoms with Crippen LogP contribution in [-0.4, -0.2) is 78.9 Å². The zero-order valence-electron chi connectivity index (χ0n) is 24.7. The summed E-state index contributed by atoms with van der Waals surface area (Å²) in [4.78, 5) is 59.6. The van der Waals surface area contributed by atoms with Gasteiger partial charge in [0.2, 0.25) is 18.9 Å². The minimum absolute atomic E-state index is 0.413. The Balaban J connectivity index is 5.91. The summed E-state index contributed by atoms with van der Waals surface area (Å²) < 4.78 is 58.7. The number of ether oxygens (including phenoxy) is 7. The molecule has 4 unspecified atom stereocenters. The van der Waals surface area contributed by atoms with Gasteiger partial charge in [0.1, 0.15) is 0 Å². The fraction of sp³-hybridized carbons (Fsp3) is 0.792. The quantitative estimate of drug-likeness (QED) is 0.0991. The van der Waals surface area contributed by atoms with Crippen molar-refractivity contribution in [1.29, 1.82) is 0 Å². The van der Waals surface area contributed by atoms with Crippen molar-refractivity contribution in [2.24, 2.45) is 5.92 Å². The maximum Gasteiger partial charge on any atom is 0.511 e. The average molecular weight is 617 g/mol. The van der Waals surface area contributed by atoms with Crippen LogP contribution >= 0.6 is 7.60 Å². The Morgan fingerprint density at radius 3 is 1.29 bits per heavy atom. The van der Waals surface area contributed by atoms with E-state index in [-0.39, 0.29) is 0 Å². The topological polar surface area (TPSA) is 206 Å². The number of carbonyl (C=O) groups is 5. The summed E-state index contributed by atoms with van der Waals surface area (Å²) in [5, 5.41) is 9.15. The third kappa shape index (κ3) is 18.8. The molecule has 0 spiro atoms. The standard InChI is InChI=1S/C24H41O16P/c1-13(2)32-22(28)36-16(7)35-21(27)19(10-11-20(25)26)12-41(31,39-17(8)37-23(29)33-14(3)4)40-18(9)38-24(30)34-15(5)6/h13-19H,10-12H2,1-9H3,(H,25,26). The molecule has 1 N–H and O–H groups in total. The van der Waals surface area contributed by atoms with Gasteiger partial charge >= 0.3 is 38.0 Å². The van der Waals surface area contributed by atoms with Crippen LogP contribution in [0.3, 0.4) is 0 Å². The Labute approximate surface area is 238 Å². The van der Waals surface area contributed by atoms with Gasteiger partial charge in [0.25, 0.3) is 0 Å². The molecule has 0 saturated heterocycles. The highest BCUT2D eigenvalue weighted by molar-refractivity contribution is 7.53. The molecule has 0 aromatic heterocycles. The molecule has 0 aliphatic rings. The molecule has 17 heteroatoms. The molecule has 0 aliphatic heterocycles. The smallest absolute Gasteiger partial charge is 0.481 e. The van der Waals surface area contributed by atoms with Gasteiger partial charge < -0.3 is 38.3 Å². The van der Waals surface area contributed by atoms with Crippen LogP contribution in [0.2, 0.25) is 0 Å². The SMILES string of the molecule is CC(C)OC(=O)OC(C)OC(=O)C(CCC(=O)O)CP(=O)(OC(C)OC(=O)OC(C)C)OC(C)OC(=O)OC(C)C. The van der Waals surface area contributed by atoms with Gasteiger partial charge in [-0.15, -0.1) is 0 Å². The lowest BCUT2D eigenvalue weighted by Crippen LogP contribution is -2.31. The van der Waals surface area contributed by atoms with Crippen LogP contribution in [0, 0.1) is 5.92 Å². The molecule has 0 bridgehead atoms. The number of hydrogen-bond donors (Lipinski definition) is 1. The molecule has 0 heterocycles. The lowest BCUT2D eigenvalue weighted by atomic mass is 10.1. The van der Waals surface area contributed by atoms with Crippen LogP contribution in [0.5, 0.6) is 0 Å². The van der Waals surface area contributed by atoms with Crippen LogP contribution in [0.1, 0.15) is 75.2 Å². The lowest BCUT2D eigenvalue weighted by Gasteiger charge is -2.27. The van der Waals surface area contributed by atoms with Gasteiger partial charge in [-0.05, 0) is 61.8 Å². The van der Waals surface area contributed by atoms with E-state index in [1.807, 2.05) is 0 Å². The number of carboxylic acid groups (broad SMARTS) is 1. The van der Waals surface area contributed by atoms with E-state index in [0.29, 0.717) is 0 Å². The average Bonchev–Trinajstić information content (AvgIpc) is 2.73. The first-order valence-corrected chi connectivity index (χ1v) is 14.5. The first-order valence-electron chi connectivity index (χ1n) is 12.8. The molecule has 0 aliphatic carbocycles. The molecule has 0 rings (SSSR count). The van der Waals surface area contributed by atoms with E-state index in [1.165, 1.54) is 20.8 Å². The molecule has 0 saturated carbocycles. The van der Waals surface area contributed by atoms with Crippen LogP contribution in [0.15, 0.2) is 0 Å². The maximum absolute atomic E-state index is 13.8. The Bertz CT molecular complexity index is 881. The maximum atomic E-state index is 13.8. The van der Waals surface area contributed by atoms with Crippen molar-refractivity contribution in [3.8, 4) is 0 Å². The number of aliphatic carboxylic acids is 1. The molecule has 4 atom stereocenters. The highest BCUT2D eigenvalue weighted by atomic mass is 31.2. The fourth-order valence-electron chi connectivity index (χ4n) is 2.81. The molecule has 0 amide bonds. The molecule has 41 heavy (non-hydrogen) atoms. The molecule has 0 aromatic rings. The summed E-state index contributed by atoms with van der Waals surface area (Å²) in [6, 6.07) is 0. The lowest BCUT2D eigenvalue weighted by molar-refractivity contribution is -0.173. The molecule has 238 valence electrons. The third-order valence-corrected chi connectivity index (χ3v) is 6.29. The Kier molecular flexibility index (Phi) is 17.0. The van der Waals surface area contributed by atoms with Crippen molar-refractivity contribution in [3.63, 3.8) is 0 Å². The predicted molar refractivity (Wildman–Crippen MR) is 138 cm³/mol. The number of carbonyl (C=O) groups excluding carboxylic acids is 4. The number of rotatable bonds is 17. The van der Waals surface area contributed by atoms with E-state index in [9.17, 15) is 28.5 Å². The summed E-state index contributed by atoms with van der Waals surface area (Å²) in [6.45, 7) is 12.9. The predicted octanol–water partition coefficient (Wildman–Crippen LogP) is 4.96. The molecule has 0 aromatic carbocycles. The van der Waals surface area contributed by atoms with E-state index in [4.69, 9.17) is 47.3 Å². The summed E-state index contributed by atoms with van der Waals surface area (Å²) in [5.41, 5.74) is 0. The summed E-state index contributed by atoms with van der Waals surface area (Å²) in [7, 11) is -4.56. The minimum atomic E-state index is -4.56. The number of esters is 1. The van der Waals surface area contributed by atoms with E-state index in [1.54, 1.807) is 41.5 Å². The van der Waals surface area contributed by atoms with Gasteiger partial charge in [0.05, 0.1) is 30.4 Å². The van der Waals surface area contributed by atoms with Crippen molar-refractivity contribution in [2.75, 3.05) is 6.16 Å². The summed E-state index contributed by atoms with van der Waals surface area (Å²) >= 11 is 0. The van der Waals surface area contributed by atoms with E-state index in [0.717, 1.165) is 0 Å². The van der Waals surface area contributed by atoms with Crippen molar-refractivity contribution >= 4 is 38.0 Å². The zero-order chi connectivity index (χ0) is 31.9. The first kappa shape index (κ1) is 37.9. The summed E-state index contributed by atoms with van der Waals surface area (Å²) in [6.07, 6.45) is -11.5. The number of carboxylic acids is 1. The van der Waals surface area contributed by atoms with E-state index < -0.39 is 100 Å². The molecule has 16 nitrogen and oxygen atoms in total. The van der Waals surface area contributed by atoms with E-state index in [2.05, 4.69) is 0 Å². The van der Waals surface area contributed by atoms with Crippen molar-refractivity contribution in [1.82, 2.24) is 0 Å². The second-order valence-corrected chi connectivity index (χ2v) is 11.4. The zero-order valence-corrected chi connectivity index (χ0v) is 25.6. The van der Waals surface area contributed by atoms with Gasteiger partial charge in [0.15, 0.2) is 0 Å². The van der Waals surface area contributed by atoms with Gasteiger partial charge in [-0.3, -0.25) is 23.2 Å². The van der Waals surface area contributed by atoms with Crippen LogP contribution < -0.4 is 0 Å². The van der Waals surface area contributed by atoms with E-state index >= 15 is 0 Å². The molecule has 0 fully saturated rings. The van der Waals surface area contributed by atoms with Gasteiger partial charge in [-0.1, -0.05) is 0 Å². The van der Waals surface area contributed by atoms with Crippen molar-refractivity contribution in [2.45, 2.75) is 112 Å². The Morgan fingerprint density at radius 2 is 0.951 bits per heavy atom. The van der Waals surface area contributed by atoms with Gasteiger partial charge in [-0.2, -0.15) is 0 Å². The minimum Gasteiger partial charge on any atom is -0.481 e. The van der Waals surface area contributed by atoms with Crippen LogP contribution in [-0.2, 0) is 56.4 Å². The largest absolute Gasteiger partial charge is 0.511 e. The summed E-state index contributed by atoms with van der Waals surface area (Å²) in [5.74, 6) is -3.87. The molecular formula is C24H41O16P. The van der Waals surface area contributed by atoms with Crippen molar-refractivity contribution in [3.05, 3.63) is 0 Å². The monoisotopic (exact) mass is 616 g/mol. The van der Waals surface area contributed by atoms with Crippen molar-refractivity contribution < 1.29 is 75.8 Å².